The van der Waals surface area contributed by atoms with Crippen molar-refractivity contribution in [3.05, 3.63) is 48.0 Å². The predicted molar refractivity (Wildman–Crippen MR) is 71.3 cm³/mol. The molecular formula is C14H11N3O. The van der Waals surface area contributed by atoms with E-state index in [1.165, 1.54) is 0 Å². The number of rotatable bonds is 2. The van der Waals surface area contributed by atoms with Gasteiger partial charge in [0, 0.05) is 16.8 Å². The number of aromatic nitrogens is 2. The molecular weight excluding hydrogens is 226 g/mol. The molecule has 4 heteroatoms. The number of nitrogen functional groups attached to an aromatic ring is 1. The van der Waals surface area contributed by atoms with E-state index in [1.807, 2.05) is 30.3 Å². The van der Waals surface area contributed by atoms with Gasteiger partial charge in [0.2, 0.25) is 0 Å². The molecule has 0 unspecified atom stereocenters. The number of nitrogens with two attached hydrogens (primary N) is 1. The summed E-state index contributed by atoms with van der Waals surface area (Å²) in [6, 6.07) is 12.9. The molecule has 0 aliphatic rings. The lowest BCUT2D eigenvalue weighted by molar-refractivity contribution is 0.112. The molecule has 4 nitrogen and oxygen atoms in total. The lowest BCUT2D eigenvalue weighted by Crippen LogP contribution is -1.84. The molecule has 0 fully saturated rings. The van der Waals surface area contributed by atoms with Crippen LogP contribution in [0.2, 0.25) is 0 Å². The normalized spacial score (nSPS) is 10.7. The van der Waals surface area contributed by atoms with Crippen LogP contribution in [0.5, 0.6) is 0 Å². The Morgan fingerprint density at radius 1 is 1.11 bits per heavy atom. The van der Waals surface area contributed by atoms with Gasteiger partial charge in [-0.1, -0.05) is 0 Å². The van der Waals surface area contributed by atoms with E-state index in [0.29, 0.717) is 5.56 Å². The topological polar surface area (TPSA) is 71.8 Å². The molecule has 0 radical (unpaired) electrons. The number of anilines is 1. The maximum Gasteiger partial charge on any atom is 0.150 e. The molecule has 0 spiro atoms. The van der Waals surface area contributed by atoms with E-state index < -0.39 is 0 Å². The number of benzene rings is 2. The van der Waals surface area contributed by atoms with E-state index in [2.05, 4.69) is 9.97 Å². The van der Waals surface area contributed by atoms with Crippen LogP contribution in [0.4, 0.5) is 5.69 Å². The summed E-state index contributed by atoms with van der Waals surface area (Å²) in [6.07, 6.45) is 0.823. The summed E-state index contributed by atoms with van der Waals surface area (Å²) in [5.41, 5.74) is 9.66. The standard InChI is InChI=1S/C14H11N3O/c15-11-4-2-10(3-5-11)14-16-12-6-1-9(8-18)7-13(12)17-14/h1-8H,15H2,(H,16,17). The third-order valence-electron chi connectivity index (χ3n) is 2.83. The molecule has 1 aromatic heterocycles. The number of aldehydes is 1. The van der Waals surface area contributed by atoms with Crippen molar-refractivity contribution < 1.29 is 4.79 Å². The molecule has 88 valence electrons. The van der Waals surface area contributed by atoms with Crippen LogP contribution in [-0.2, 0) is 0 Å². The van der Waals surface area contributed by atoms with Crippen molar-refractivity contribution in [3.63, 3.8) is 0 Å². The molecule has 18 heavy (non-hydrogen) atoms. The van der Waals surface area contributed by atoms with Gasteiger partial charge in [-0.25, -0.2) is 4.98 Å². The Morgan fingerprint density at radius 3 is 2.61 bits per heavy atom. The molecule has 0 saturated heterocycles. The highest BCUT2D eigenvalue weighted by molar-refractivity contribution is 5.86. The van der Waals surface area contributed by atoms with Crippen LogP contribution in [-0.4, -0.2) is 16.3 Å². The summed E-state index contributed by atoms with van der Waals surface area (Å²) < 4.78 is 0. The SMILES string of the molecule is Nc1ccc(-c2nc3ccc(C=O)cc3[nH]2)cc1. The molecule has 0 amide bonds. The number of carbonyl (C=O) groups excluding carboxylic acids is 1. The van der Waals surface area contributed by atoms with Crippen molar-refractivity contribution in [3.8, 4) is 11.4 Å². The van der Waals surface area contributed by atoms with E-state index in [0.717, 1.165) is 34.4 Å². The first-order valence-corrected chi connectivity index (χ1v) is 5.57. The minimum Gasteiger partial charge on any atom is -0.399 e. The smallest absolute Gasteiger partial charge is 0.150 e. The van der Waals surface area contributed by atoms with Gasteiger partial charge in [0.1, 0.15) is 12.1 Å². The van der Waals surface area contributed by atoms with Crippen LogP contribution in [0.1, 0.15) is 10.4 Å². The quantitative estimate of drug-likeness (QED) is 0.531. The highest BCUT2D eigenvalue weighted by Gasteiger charge is 2.05. The highest BCUT2D eigenvalue weighted by atomic mass is 16.1. The summed E-state index contributed by atoms with van der Waals surface area (Å²) in [5.74, 6) is 0.771. The Bertz CT molecular complexity index is 713. The summed E-state index contributed by atoms with van der Waals surface area (Å²) in [7, 11) is 0. The molecule has 3 aromatic rings. The van der Waals surface area contributed by atoms with Gasteiger partial charge in [-0.2, -0.15) is 0 Å². The second-order valence-electron chi connectivity index (χ2n) is 4.10. The van der Waals surface area contributed by atoms with Crippen LogP contribution >= 0.6 is 0 Å². The Hall–Kier alpha value is -2.62. The van der Waals surface area contributed by atoms with Gasteiger partial charge >= 0.3 is 0 Å². The average molecular weight is 237 g/mol. The molecule has 1 heterocycles. The maximum absolute atomic E-state index is 10.7. The zero-order valence-corrected chi connectivity index (χ0v) is 9.55. The van der Waals surface area contributed by atoms with E-state index in [1.54, 1.807) is 12.1 Å². The zero-order valence-electron chi connectivity index (χ0n) is 9.55. The Kier molecular flexibility index (Phi) is 2.34. The molecule has 2 aromatic carbocycles. The average Bonchev–Trinajstić information content (AvgIpc) is 2.82. The predicted octanol–water partition coefficient (Wildman–Crippen LogP) is 2.62. The fraction of sp³-hybridized carbons (Fsp3) is 0. The molecule has 0 aliphatic carbocycles. The van der Waals surface area contributed by atoms with Crippen LogP contribution in [0.15, 0.2) is 42.5 Å². The summed E-state index contributed by atoms with van der Waals surface area (Å²) in [6.45, 7) is 0. The molecule has 0 atom stereocenters. The second-order valence-corrected chi connectivity index (χ2v) is 4.10. The maximum atomic E-state index is 10.7. The summed E-state index contributed by atoms with van der Waals surface area (Å²) in [5, 5.41) is 0. The minimum atomic E-state index is 0.634. The van der Waals surface area contributed by atoms with Gasteiger partial charge in [0.25, 0.3) is 0 Å². The number of imidazole rings is 1. The molecule has 3 N–H and O–H groups in total. The minimum absolute atomic E-state index is 0.634. The van der Waals surface area contributed by atoms with E-state index in [-0.39, 0.29) is 0 Å². The molecule has 3 rings (SSSR count). The van der Waals surface area contributed by atoms with Crippen LogP contribution < -0.4 is 5.73 Å². The fourth-order valence-electron chi connectivity index (χ4n) is 1.88. The molecule has 0 saturated carbocycles. The van der Waals surface area contributed by atoms with Crippen LogP contribution in [0, 0.1) is 0 Å². The van der Waals surface area contributed by atoms with Gasteiger partial charge < -0.3 is 10.7 Å². The van der Waals surface area contributed by atoms with Crippen LogP contribution in [0.25, 0.3) is 22.4 Å². The summed E-state index contributed by atoms with van der Waals surface area (Å²) >= 11 is 0. The number of fused-ring (bicyclic) bond motifs is 1. The number of carbonyl (C=O) groups is 1. The number of aromatic amines is 1. The largest absolute Gasteiger partial charge is 0.399 e. The molecule has 0 aliphatic heterocycles. The number of nitrogens with zero attached hydrogens (tertiary/aromatic N) is 1. The van der Waals surface area contributed by atoms with Gasteiger partial charge in [0.15, 0.2) is 0 Å². The van der Waals surface area contributed by atoms with E-state index in [9.17, 15) is 4.79 Å². The van der Waals surface area contributed by atoms with E-state index >= 15 is 0 Å². The Balaban J connectivity index is 2.12. The zero-order chi connectivity index (χ0) is 12.5. The van der Waals surface area contributed by atoms with Crippen molar-refractivity contribution in [2.24, 2.45) is 0 Å². The third kappa shape index (κ3) is 1.73. The van der Waals surface area contributed by atoms with Gasteiger partial charge in [-0.15, -0.1) is 0 Å². The van der Waals surface area contributed by atoms with E-state index in [4.69, 9.17) is 5.73 Å². The lowest BCUT2D eigenvalue weighted by Gasteiger charge is -1.96. The van der Waals surface area contributed by atoms with Crippen molar-refractivity contribution in [1.82, 2.24) is 9.97 Å². The summed E-state index contributed by atoms with van der Waals surface area (Å²) in [4.78, 5) is 18.4. The first kappa shape index (κ1) is 10.5. The van der Waals surface area contributed by atoms with Gasteiger partial charge in [-0.05, 0) is 42.5 Å². The number of hydrogen-bond donors (Lipinski definition) is 2. The van der Waals surface area contributed by atoms with Crippen molar-refractivity contribution in [2.75, 3.05) is 5.73 Å². The Labute approximate surface area is 103 Å². The fourth-order valence-corrected chi connectivity index (χ4v) is 1.88. The third-order valence-corrected chi connectivity index (χ3v) is 2.83. The number of H-pyrrole nitrogens is 1. The van der Waals surface area contributed by atoms with Crippen LogP contribution in [0.3, 0.4) is 0 Å². The van der Waals surface area contributed by atoms with Crippen molar-refractivity contribution in [1.29, 1.82) is 0 Å². The Morgan fingerprint density at radius 2 is 1.89 bits per heavy atom. The van der Waals surface area contributed by atoms with Crippen molar-refractivity contribution in [2.45, 2.75) is 0 Å². The lowest BCUT2D eigenvalue weighted by atomic mass is 10.2. The van der Waals surface area contributed by atoms with Gasteiger partial charge in [0.05, 0.1) is 11.0 Å². The van der Waals surface area contributed by atoms with Gasteiger partial charge in [-0.3, -0.25) is 4.79 Å². The second kappa shape index (κ2) is 4.00. The molecule has 0 bridgehead atoms. The monoisotopic (exact) mass is 237 g/mol. The number of nitrogens with one attached hydrogen (secondary N) is 1. The highest BCUT2D eigenvalue weighted by Crippen LogP contribution is 2.21. The first-order valence-electron chi connectivity index (χ1n) is 5.57. The first-order chi connectivity index (χ1) is 8.76. The van der Waals surface area contributed by atoms with Crippen molar-refractivity contribution >= 4 is 23.0 Å². The number of hydrogen-bond acceptors (Lipinski definition) is 3.